The molecule has 0 N–H and O–H groups in total. The van der Waals surface area contributed by atoms with E-state index in [1.807, 2.05) is 42.1 Å². The van der Waals surface area contributed by atoms with E-state index in [9.17, 15) is 0 Å². The third kappa shape index (κ3) is 2.53. The minimum Gasteiger partial charge on any atom is -0.325 e. The van der Waals surface area contributed by atoms with Crippen molar-refractivity contribution in [3.63, 3.8) is 0 Å². The van der Waals surface area contributed by atoms with Crippen LogP contribution in [-0.4, -0.2) is 19.3 Å². The predicted octanol–water partition coefficient (Wildman–Crippen LogP) is 3.89. The topological polar surface area (TPSA) is 35.6 Å². The zero-order valence-corrected chi connectivity index (χ0v) is 12.5. The molecule has 4 nitrogen and oxygen atoms in total. The fraction of sp³-hybridized carbons (Fsp3) is 0.286. The lowest BCUT2D eigenvalue weighted by atomic mass is 10.3. The molecule has 2 heterocycles. The molecule has 1 aromatic carbocycles. The highest BCUT2D eigenvalue weighted by molar-refractivity contribution is 6.31. The summed E-state index contributed by atoms with van der Waals surface area (Å²) in [6, 6.07) is 7.64. The van der Waals surface area contributed by atoms with Crippen LogP contribution in [0.4, 0.5) is 0 Å². The zero-order chi connectivity index (χ0) is 14.1. The Bertz CT molecular complexity index is 716. The molecule has 1 unspecified atom stereocenters. The van der Waals surface area contributed by atoms with Crippen molar-refractivity contribution < 1.29 is 0 Å². The first-order chi connectivity index (χ1) is 9.65. The molecule has 20 heavy (non-hydrogen) atoms. The summed E-state index contributed by atoms with van der Waals surface area (Å²) in [5.74, 6) is 0.857. The van der Waals surface area contributed by atoms with E-state index in [1.54, 1.807) is 6.20 Å². The number of imidazole rings is 1. The number of aryl methyl sites for hydroxylation is 2. The Morgan fingerprint density at radius 2 is 2.15 bits per heavy atom. The van der Waals surface area contributed by atoms with Gasteiger partial charge in [0.15, 0.2) is 0 Å². The second-order valence-electron chi connectivity index (χ2n) is 4.64. The van der Waals surface area contributed by atoms with Crippen molar-refractivity contribution in [2.75, 3.05) is 0 Å². The summed E-state index contributed by atoms with van der Waals surface area (Å²) < 4.78 is 4.02. The van der Waals surface area contributed by atoms with E-state index in [0.29, 0.717) is 5.02 Å². The van der Waals surface area contributed by atoms with E-state index in [1.165, 1.54) is 0 Å². The molecule has 0 saturated carbocycles. The smallest absolute Gasteiger partial charge is 0.127 e. The van der Waals surface area contributed by atoms with Crippen molar-refractivity contribution in [2.24, 2.45) is 0 Å². The summed E-state index contributed by atoms with van der Waals surface area (Å²) in [6.07, 6.45) is 3.72. The first-order valence-electron chi connectivity index (χ1n) is 6.42. The summed E-state index contributed by atoms with van der Waals surface area (Å²) >= 11 is 12.3. The number of rotatable bonds is 4. The van der Waals surface area contributed by atoms with Crippen LogP contribution in [-0.2, 0) is 13.1 Å². The van der Waals surface area contributed by atoms with Gasteiger partial charge in [0.25, 0.3) is 0 Å². The van der Waals surface area contributed by atoms with E-state index in [-0.39, 0.29) is 5.38 Å². The van der Waals surface area contributed by atoms with E-state index in [4.69, 9.17) is 23.2 Å². The van der Waals surface area contributed by atoms with Crippen LogP contribution in [0.1, 0.15) is 18.1 Å². The van der Waals surface area contributed by atoms with Gasteiger partial charge in [-0.1, -0.05) is 11.6 Å². The van der Waals surface area contributed by atoms with Crippen LogP contribution in [0.3, 0.4) is 0 Å². The quantitative estimate of drug-likeness (QED) is 0.686. The number of fused-ring (bicyclic) bond motifs is 1. The Kier molecular flexibility index (Phi) is 3.68. The summed E-state index contributed by atoms with van der Waals surface area (Å²) in [5.41, 5.74) is 1.92. The lowest BCUT2D eigenvalue weighted by molar-refractivity contribution is 0.528. The van der Waals surface area contributed by atoms with E-state index >= 15 is 0 Å². The molecule has 0 bridgehead atoms. The van der Waals surface area contributed by atoms with Gasteiger partial charge in [-0.2, -0.15) is 5.10 Å². The van der Waals surface area contributed by atoms with Crippen LogP contribution in [0.2, 0.25) is 5.02 Å². The third-order valence-corrected chi connectivity index (χ3v) is 3.64. The fourth-order valence-electron chi connectivity index (χ4n) is 2.30. The molecule has 0 radical (unpaired) electrons. The first kappa shape index (κ1) is 13.5. The third-order valence-electron chi connectivity index (χ3n) is 3.21. The summed E-state index contributed by atoms with van der Waals surface area (Å²) in [6.45, 7) is 3.47. The lowest BCUT2D eigenvalue weighted by Crippen LogP contribution is -2.11. The minimum absolute atomic E-state index is 0.154. The van der Waals surface area contributed by atoms with Crippen molar-refractivity contribution in [1.29, 1.82) is 0 Å². The molecule has 0 aliphatic heterocycles. The van der Waals surface area contributed by atoms with Gasteiger partial charge in [-0.3, -0.25) is 4.68 Å². The molecular weight excluding hydrogens is 295 g/mol. The van der Waals surface area contributed by atoms with Gasteiger partial charge >= 0.3 is 0 Å². The van der Waals surface area contributed by atoms with Gasteiger partial charge in [-0.05, 0) is 31.2 Å². The maximum absolute atomic E-state index is 6.24. The minimum atomic E-state index is -0.154. The summed E-state index contributed by atoms with van der Waals surface area (Å²) in [7, 11) is 0. The number of nitrogens with zero attached hydrogens (tertiary/aromatic N) is 4. The number of hydrogen-bond donors (Lipinski definition) is 0. The van der Waals surface area contributed by atoms with Crippen LogP contribution in [0.5, 0.6) is 0 Å². The van der Waals surface area contributed by atoms with E-state index in [0.717, 1.165) is 29.9 Å². The highest BCUT2D eigenvalue weighted by Gasteiger charge is 2.15. The lowest BCUT2D eigenvalue weighted by Gasteiger charge is -2.10. The SMILES string of the molecule is CC(Cl)c1nc2cc(Cl)ccc2n1CCn1cccn1. The van der Waals surface area contributed by atoms with E-state index in [2.05, 4.69) is 14.6 Å². The van der Waals surface area contributed by atoms with Crippen molar-refractivity contribution in [3.05, 3.63) is 47.5 Å². The molecule has 104 valence electrons. The molecule has 6 heteroatoms. The van der Waals surface area contributed by atoms with Crippen molar-refractivity contribution in [1.82, 2.24) is 19.3 Å². The number of alkyl halides is 1. The monoisotopic (exact) mass is 308 g/mol. The Hall–Kier alpha value is -1.52. The Labute approximate surface area is 126 Å². The largest absolute Gasteiger partial charge is 0.325 e. The van der Waals surface area contributed by atoms with E-state index < -0.39 is 0 Å². The normalized spacial score (nSPS) is 12.9. The number of hydrogen-bond acceptors (Lipinski definition) is 2. The molecule has 0 amide bonds. The molecule has 3 aromatic rings. The van der Waals surface area contributed by atoms with Gasteiger partial charge < -0.3 is 4.57 Å². The Balaban J connectivity index is 2.00. The van der Waals surface area contributed by atoms with Crippen molar-refractivity contribution in [2.45, 2.75) is 25.4 Å². The zero-order valence-electron chi connectivity index (χ0n) is 11.0. The van der Waals surface area contributed by atoms with Gasteiger partial charge in [0.05, 0.1) is 23.0 Å². The van der Waals surface area contributed by atoms with Crippen LogP contribution < -0.4 is 0 Å². The van der Waals surface area contributed by atoms with Gasteiger partial charge in [0.1, 0.15) is 5.82 Å². The highest BCUT2D eigenvalue weighted by atomic mass is 35.5. The van der Waals surface area contributed by atoms with Crippen LogP contribution in [0, 0.1) is 0 Å². The Morgan fingerprint density at radius 1 is 1.30 bits per heavy atom. The summed E-state index contributed by atoms with van der Waals surface area (Å²) in [4.78, 5) is 4.59. The van der Waals surface area contributed by atoms with Crippen LogP contribution in [0.15, 0.2) is 36.7 Å². The average Bonchev–Trinajstić information content (AvgIpc) is 3.02. The molecule has 0 fully saturated rings. The molecular formula is C14H14Cl2N4. The van der Waals surface area contributed by atoms with Gasteiger partial charge in [0.2, 0.25) is 0 Å². The molecule has 0 spiro atoms. The molecule has 0 aliphatic carbocycles. The first-order valence-corrected chi connectivity index (χ1v) is 7.24. The van der Waals surface area contributed by atoms with Crippen molar-refractivity contribution >= 4 is 34.2 Å². The second-order valence-corrected chi connectivity index (χ2v) is 5.73. The maximum atomic E-state index is 6.24. The average molecular weight is 309 g/mol. The molecule has 1 atom stereocenters. The van der Waals surface area contributed by atoms with Gasteiger partial charge in [-0.15, -0.1) is 11.6 Å². The molecule has 3 rings (SSSR count). The molecule has 0 saturated heterocycles. The van der Waals surface area contributed by atoms with Crippen LogP contribution >= 0.6 is 23.2 Å². The summed E-state index contributed by atoms with van der Waals surface area (Å²) in [5, 5.41) is 4.74. The van der Waals surface area contributed by atoms with Gasteiger partial charge in [-0.25, -0.2) is 4.98 Å². The van der Waals surface area contributed by atoms with Gasteiger partial charge in [0, 0.05) is 24.0 Å². The fourth-order valence-corrected chi connectivity index (χ4v) is 2.63. The number of benzene rings is 1. The Morgan fingerprint density at radius 3 is 2.85 bits per heavy atom. The number of aromatic nitrogens is 4. The second kappa shape index (κ2) is 5.46. The predicted molar refractivity (Wildman–Crippen MR) is 81.2 cm³/mol. The molecule has 0 aliphatic rings. The van der Waals surface area contributed by atoms with Crippen molar-refractivity contribution in [3.8, 4) is 0 Å². The molecule has 2 aromatic heterocycles. The maximum Gasteiger partial charge on any atom is 0.127 e. The highest BCUT2D eigenvalue weighted by Crippen LogP contribution is 2.26. The standard InChI is InChI=1S/C14H14Cl2N4/c1-10(15)14-18-12-9-11(16)3-4-13(12)20(14)8-7-19-6-2-5-17-19/h2-6,9-10H,7-8H2,1H3. The number of halogens is 2. The van der Waals surface area contributed by atoms with Crippen LogP contribution in [0.25, 0.3) is 11.0 Å².